The first kappa shape index (κ1) is 23.8. The average Bonchev–Trinajstić information content (AvgIpc) is 2.83. The van der Waals surface area contributed by atoms with Gasteiger partial charge in [0.15, 0.2) is 5.16 Å². The van der Waals surface area contributed by atoms with E-state index in [2.05, 4.69) is 14.9 Å². The fourth-order valence-corrected chi connectivity index (χ4v) is 5.18. The number of hydrogen-bond donors (Lipinski definition) is 0. The number of piperazine rings is 1. The topological polar surface area (TPSA) is 69.6 Å². The molecular weight excluding hydrogens is 465 g/mol. The maximum Gasteiger partial charge on any atom is 0.254 e. The zero-order valence-electron chi connectivity index (χ0n) is 18.5. The quantitative estimate of drug-likeness (QED) is 0.360. The molecule has 1 unspecified atom stereocenters. The van der Waals surface area contributed by atoms with Gasteiger partial charge in [0.2, 0.25) is 5.91 Å². The number of anilines is 1. The summed E-state index contributed by atoms with van der Waals surface area (Å²) in [6.07, 6.45) is 3.29. The molecule has 10 heteroatoms. The van der Waals surface area contributed by atoms with Crippen LogP contribution in [-0.2, 0) is 4.79 Å². The number of benzene rings is 1. The van der Waals surface area contributed by atoms with Crippen LogP contribution in [0.5, 0.6) is 0 Å². The molecule has 1 aromatic heterocycles. The summed E-state index contributed by atoms with van der Waals surface area (Å²) in [6.45, 7) is 5.29. The molecule has 4 rings (SSSR count). The van der Waals surface area contributed by atoms with E-state index in [1.165, 1.54) is 42.4 Å². The monoisotopic (exact) mass is 491 g/mol. The van der Waals surface area contributed by atoms with Crippen molar-refractivity contribution in [3.05, 3.63) is 46.9 Å². The molecule has 0 saturated carbocycles. The Morgan fingerprint density at radius 3 is 2.52 bits per heavy atom. The molecule has 3 heterocycles. The predicted molar refractivity (Wildman–Crippen MR) is 127 cm³/mol. The van der Waals surface area contributed by atoms with Crippen LogP contribution in [0.15, 0.2) is 35.5 Å². The second-order valence-corrected chi connectivity index (χ2v) is 9.69. The number of thioether (sulfide) groups is 1. The zero-order chi connectivity index (χ0) is 23.4. The molecule has 33 heavy (non-hydrogen) atoms. The van der Waals surface area contributed by atoms with Crippen molar-refractivity contribution < 1.29 is 14.0 Å². The van der Waals surface area contributed by atoms with E-state index in [0.717, 1.165) is 25.9 Å². The third-order valence-corrected chi connectivity index (χ3v) is 7.02. The van der Waals surface area contributed by atoms with Crippen molar-refractivity contribution in [3.8, 4) is 0 Å². The molecule has 2 aliphatic heterocycles. The van der Waals surface area contributed by atoms with Gasteiger partial charge in [0.25, 0.3) is 5.91 Å². The van der Waals surface area contributed by atoms with Crippen molar-refractivity contribution >= 4 is 41.0 Å². The number of rotatable bonds is 5. The number of likely N-dealkylation sites (tertiary alicyclic amines) is 1. The number of piperidine rings is 1. The summed E-state index contributed by atoms with van der Waals surface area (Å²) in [6, 6.07) is 7.26. The highest BCUT2D eigenvalue weighted by Gasteiger charge is 2.29. The number of hydrogen-bond acceptors (Lipinski definition) is 6. The molecule has 0 spiro atoms. The van der Waals surface area contributed by atoms with Crippen LogP contribution >= 0.6 is 23.4 Å². The summed E-state index contributed by atoms with van der Waals surface area (Å²) < 4.78 is 13.2. The minimum Gasteiger partial charge on any atom is -0.353 e. The van der Waals surface area contributed by atoms with Gasteiger partial charge in [-0.2, -0.15) is 0 Å². The number of aromatic nitrogens is 2. The Hall–Kier alpha value is -2.39. The third kappa shape index (κ3) is 5.95. The first-order valence-corrected chi connectivity index (χ1v) is 12.5. The molecule has 176 valence electrons. The van der Waals surface area contributed by atoms with Crippen LogP contribution in [0.2, 0.25) is 5.15 Å². The number of amides is 2. The van der Waals surface area contributed by atoms with Gasteiger partial charge in [-0.1, -0.05) is 23.4 Å². The molecule has 2 amide bonds. The van der Waals surface area contributed by atoms with E-state index in [1.54, 1.807) is 11.0 Å². The lowest BCUT2D eigenvalue weighted by Gasteiger charge is -2.40. The molecule has 1 aromatic carbocycles. The summed E-state index contributed by atoms with van der Waals surface area (Å²) in [7, 11) is 0. The first-order chi connectivity index (χ1) is 15.9. The number of carbonyl (C=O) groups excluding carboxylic acids is 2. The summed E-state index contributed by atoms with van der Waals surface area (Å²) in [5.74, 6) is 0.595. The molecule has 7 nitrogen and oxygen atoms in total. The molecule has 0 N–H and O–H groups in total. The van der Waals surface area contributed by atoms with Gasteiger partial charge < -0.3 is 14.7 Å². The van der Waals surface area contributed by atoms with Crippen LogP contribution in [0, 0.1) is 5.82 Å². The standard InChI is InChI=1S/C23H27ClFN5O2S/c1-16-14-29(11-12-30(16)22(32)17-5-7-18(25)8-6-17)20-13-19(24)26-23(27-20)33-15-21(31)28-9-3-2-4-10-28/h5-8,13,16H,2-4,9-12,14-15H2,1H3. The van der Waals surface area contributed by atoms with Crippen molar-refractivity contribution in [1.82, 2.24) is 19.8 Å². The van der Waals surface area contributed by atoms with Crippen LogP contribution in [0.25, 0.3) is 0 Å². The molecule has 2 aliphatic rings. The van der Waals surface area contributed by atoms with Crippen LogP contribution < -0.4 is 4.90 Å². The largest absolute Gasteiger partial charge is 0.353 e. The minimum absolute atomic E-state index is 0.0678. The minimum atomic E-state index is -0.364. The van der Waals surface area contributed by atoms with Gasteiger partial charge in [-0.3, -0.25) is 9.59 Å². The van der Waals surface area contributed by atoms with Gasteiger partial charge in [0, 0.05) is 50.4 Å². The molecule has 1 atom stereocenters. The average molecular weight is 492 g/mol. The highest BCUT2D eigenvalue weighted by atomic mass is 35.5. The van der Waals surface area contributed by atoms with Crippen LogP contribution in [0.3, 0.4) is 0 Å². The van der Waals surface area contributed by atoms with Gasteiger partial charge >= 0.3 is 0 Å². The lowest BCUT2D eigenvalue weighted by atomic mass is 10.1. The van der Waals surface area contributed by atoms with Crippen LogP contribution in [0.4, 0.5) is 10.2 Å². The third-order valence-electron chi connectivity index (χ3n) is 6.00. The fourth-order valence-electron chi connectivity index (χ4n) is 4.20. The normalized spacial score (nSPS) is 19.0. The lowest BCUT2D eigenvalue weighted by molar-refractivity contribution is -0.129. The van der Waals surface area contributed by atoms with Crippen molar-refractivity contribution in [2.45, 2.75) is 37.4 Å². The van der Waals surface area contributed by atoms with Gasteiger partial charge in [-0.05, 0) is 50.5 Å². The van der Waals surface area contributed by atoms with Crippen LogP contribution in [0.1, 0.15) is 36.5 Å². The summed E-state index contributed by atoms with van der Waals surface area (Å²) in [4.78, 5) is 40.0. The SMILES string of the molecule is CC1CN(c2cc(Cl)nc(SCC(=O)N3CCCCC3)n2)CCN1C(=O)c1ccc(F)cc1. The van der Waals surface area contributed by atoms with E-state index in [1.807, 2.05) is 11.8 Å². The first-order valence-electron chi connectivity index (χ1n) is 11.2. The summed E-state index contributed by atoms with van der Waals surface area (Å²) in [5, 5.41) is 0.797. The maximum atomic E-state index is 13.2. The smallest absolute Gasteiger partial charge is 0.254 e. The summed E-state index contributed by atoms with van der Waals surface area (Å²) in [5.41, 5.74) is 0.471. The molecule has 2 fully saturated rings. The Bertz CT molecular complexity index is 1000. The van der Waals surface area contributed by atoms with Gasteiger partial charge in [-0.25, -0.2) is 14.4 Å². The van der Waals surface area contributed by atoms with Gasteiger partial charge in [0.05, 0.1) is 5.75 Å². The lowest BCUT2D eigenvalue weighted by Crippen LogP contribution is -2.54. The van der Waals surface area contributed by atoms with Crippen molar-refractivity contribution in [2.75, 3.05) is 43.4 Å². The maximum absolute atomic E-state index is 13.2. The van der Waals surface area contributed by atoms with Crippen molar-refractivity contribution in [2.24, 2.45) is 0 Å². The van der Waals surface area contributed by atoms with E-state index in [9.17, 15) is 14.0 Å². The summed E-state index contributed by atoms with van der Waals surface area (Å²) >= 11 is 7.56. The highest BCUT2D eigenvalue weighted by Crippen LogP contribution is 2.25. The van der Waals surface area contributed by atoms with E-state index in [4.69, 9.17) is 11.6 Å². The Balaban J connectivity index is 1.38. The Kier molecular flexibility index (Phi) is 7.70. The van der Waals surface area contributed by atoms with Gasteiger partial charge in [0.1, 0.15) is 16.8 Å². The number of nitrogens with zero attached hydrogens (tertiary/aromatic N) is 5. The van der Waals surface area contributed by atoms with Crippen LogP contribution in [-0.4, -0.2) is 76.1 Å². The van der Waals surface area contributed by atoms with E-state index < -0.39 is 0 Å². The Morgan fingerprint density at radius 2 is 1.82 bits per heavy atom. The number of carbonyl (C=O) groups is 2. The molecular formula is C23H27ClFN5O2S. The molecule has 2 saturated heterocycles. The Labute approximate surface area is 202 Å². The second kappa shape index (κ2) is 10.7. The van der Waals surface area contributed by atoms with E-state index in [0.29, 0.717) is 41.3 Å². The zero-order valence-corrected chi connectivity index (χ0v) is 20.1. The fraction of sp³-hybridized carbons (Fsp3) is 0.478. The predicted octanol–water partition coefficient (Wildman–Crippen LogP) is 3.72. The van der Waals surface area contributed by atoms with Crippen molar-refractivity contribution in [3.63, 3.8) is 0 Å². The molecule has 0 radical (unpaired) electrons. The molecule has 0 bridgehead atoms. The van der Waals surface area contributed by atoms with E-state index >= 15 is 0 Å². The van der Waals surface area contributed by atoms with Crippen molar-refractivity contribution in [1.29, 1.82) is 0 Å². The molecule has 0 aliphatic carbocycles. The Morgan fingerprint density at radius 1 is 1.09 bits per heavy atom. The van der Waals surface area contributed by atoms with E-state index in [-0.39, 0.29) is 29.4 Å². The second-order valence-electron chi connectivity index (χ2n) is 8.36. The molecule has 2 aromatic rings. The van der Waals surface area contributed by atoms with Gasteiger partial charge in [-0.15, -0.1) is 0 Å². The number of halogens is 2. The highest BCUT2D eigenvalue weighted by molar-refractivity contribution is 7.99.